The summed E-state index contributed by atoms with van der Waals surface area (Å²) in [6.07, 6.45) is -7.61. The number of rotatable bonds is 6. The number of aliphatic carboxylic acids is 1. The summed E-state index contributed by atoms with van der Waals surface area (Å²) in [6, 6.07) is 4.07. The molecule has 0 saturated heterocycles. The molecule has 2 N–H and O–H groups in total. The fourth-order valence-electron chi connectivity index (χ4n) is 2.05. The molecule has 2 rings (SSSR count). The van der Waals surface area contributed by atoms with Crippen molar-refractivity contribution in [2.45, 2.75) is 25.1 Å². The van der Waals surface area contributed by atoms with E-state index in [4.69, 9.17) is 5.11 Å². The van der Waals surface area contributed by atoms with E-state index in [2.05, 4.69) is 5.10 Å². The van der Waals surface area contributed by atoms with Crippen molar-refractivity contribution in [3.63, 3.8) is 0 Å². The lowest BCUT2D eigenvalue weighted by Crippen LogP contribution is -2.42. The molecule has 1 heterocycles. The van der Waals surface area contributed by atoms with E-state index in [9.17, 15) is 31.5 Å². The lowest BCUT2D eigenvalue weighted by molar-refractivity contribution is -0.141. The molecule has 0 saturated carbocycles. The molecule has 0 spiro atoms. The third-order valence-electron chi connectivity index (χ3n) is 3.27. The topological polar surface area (TPSA) is 84.2 Å². The fraction of sp³-hybridized carbons (Fsp3) is 0.267. The summed E-state index contributed by atoms with van der Waals surface area (Å²) in [6.45, 7) is 0. The van der Waals surface area contributed by atoms with E-state index in [1.165, 1.54) is 18.2 Å². The van der Waals surface area contributed by atoms with Crippen LogP contribution in [0.2, 0.25) is 0 Å². The molecule has 0 aliphatic heterocycles. The van der Waals surface area contributed by atoms with Crippen LogP contribution in [0.5, 0.6) is 0 Å². The van der Waals surface area contributed by atoms with Gasteiger partial charge in [0.2, 0.25) is 6.43 Å². The third-order valence-corrected chi connectivity index (χ3v) is 3.27. The third kappa shape index (κ3) is 4.77. The molecule has 0 aliphatic rings. The van der Waals surface area contributed by atoms with Gasteiger partial charge in [-0.15, -0.1) is 0 Å². The van der Waals surface area contributed by atoms with Crippen molar-refractivity contribution >= 4 is 11.9 Å². The number of aromatic nitrogens is 2. The summed E-state index contributed by atoms with van der Waals surface area (Å²) >= 11 is 0. The number of amides is 1. The zero-order chi connectivity index (χ0) is 19.5. The van der Waals surface area contributed by atoms with E-state index in [0.29, 0.717) is 0 Å². The number of benzene rings is 1. The molecule has 1 amide bonds. The maximum atomic E-state index is 12.6. The predicted molar refractivity (Wildman–Crippen MR) is 78.1 cm³/mol. The average Bonchev–Trinajstić information content (AvgIpc) is 3.04. The maximum Gasteiger partial charge on any atom is 0.435 e. The number of carbonyl (C=O) groups excluding carboxylic acids is 1. The minimum Gasteiger partial charge on any atom is -0.480 e. The summed E-state index contributed by atoms with van der Waals surface area (Å²) in [4.78, 5) is 23.0. The van der Waals surface area contributed by atoms with Crippen molar-refractivity contribution in [3.05, 3.63) is 47.8 Å². The number of carbonyl (C=O) groups is 2. The molecule has 26 heavy (non-hydrogen) atoms. The van der Waals surface area contributed by atoms with E-state index in [1.807, 2.05) is 5.32 Å². The molecular weight excluding hydrogens is 365 g/mol. The largest absolute Gasteiger partial charge is 0.480 e. The maximum absolute atomic E-state index is 12.6. The van der Waals surface area contributed by atoms with Gasteiger partial charge in [0.25, 0.3) is 5.91 Å². The lowest BCUT2D eigenvalue weighted by Gasteiger charge is -2.14. The summed E-state index contributed by atoms with van der Waals surface area (Å²) in [5.41, 5.74) is -1.14. The highest BCUT2D eigenvalue weighted by molar-refractivity contribution is 5.97. The van der Waals surface area contributed by atoms with Gasteiger partial charge in [0.05, 0.1) is 5.69 Å². The number of carboxylic acids is 1. The van der Waals surface area contributed by atoms with Crippen molar-refractivity contribution in [1.82, 2.24) is 15.1 Å². The molecular formula is C15H12F5N3O3. The van der Waals surface area contributed by atoms with Crippen LogP contribution in [0.1, 0.15) is 22.5 Å². The first-order chi connectivity index (χ1) is 12.1. The Hall–Kier alpha value is -2.98. The second-order valence-electron chi connectivity index (χ2n) is 5.18. The first kappa shape index (κ1) is 19.3. The second kappa shape index (κ2) is 7.50. The van der Waals surface area contributed by atoms with Crippen LogP contribution in [0.25, 0.3) is 5.69 Å². The Kier molecular flexibility index (Phi) is 5.58. The monoisotopic (exact) mass is 377 g/mol. The van der Waals surface area contributed by atoms with Gasteiger partial charge in [-0.2, -0.15) is 18.3 Å². The number of carboxylic acid groups (broad SMARTS) is 1. The highest BCUT2D eigenvalue weighted by atomic mass is 19.4. The van der Waals surface area contributed by atoms with Gasteiger partial charge in [-0.05, 0) is 24.3 Å². The Labute approximate surface area is 143 Å². The minimum absolute atomic E-state index is 0.105. The van der Waals surface area contributed by atoms with E-state index < -0.39 is 42.6 Å². The number of hydrogen-bond donors (Lipinski definition) is 2. The smallest absolute Gasteiger partial charge is 0.435 e. The Morgan fingerprint density at radius 1 is 1.23 bits per heavy atom. The SMILES string of the molecule is O=C(N[C@H](CC(F)F)C(=O)O)c1cccc(-n2ccc(C(F)(F)F)n2)c1. The van der Waals surface area contributed by atoms with Crippen LogP contribution in [-0.4, -0.2) is 39.2 Å². The summed E-state index contributed by atoms with van der Waals surface area (Å²) < 4.78 is 63.4. The summed E-state index contributed by atoms with van der Waals surface area (Å²) in [5, 5.41) is 14.2. The minimum atomic E-state index is -4.63. The summed E-state index contributed by atoms with van der Waals surface area (Å²) in [5.74, 6) is -2.58. The number of halogens is 5. The lowest BCUT2D eigenvalue weighted by atomic mass is 10.1. The molecule has 1 aromatic heterocycles. The Morgan fingerprint density at radius 2 is 1.92 bits per heavy atom. The van der Waals surface area contributed by atoms with Crippen molar-refractivity contribution in [3.8, 4) is 5.69 Å². The van der Waals surface area contributed by atoms with Crippen molar-refractivity contribution in [1.29, 1.82) is 0 Å². The van der Waals surface area contributed by atoms with Gasteiger partial charge in [0.15, 0.2) is 5.69 Å². The molecule has 0 fully saturated rings. The Morgan fingerprint density at radius 3 is 2.46 bits per heavy atom. The number of nitrogens with one attached hydrogen (secondary N) is 1. The molecule has 0 radical (unpaired) electrons. The zero-order valence-corrected chi connectivity index (χ0v) is 12.9. The molecule has 0 unspecified atom stereocenters. The molecule has 11 heteroatoms. The van der Waals surface area contributed by atoms with Gasteiger partial charge < -0.3 is 10.4 Å². The van der Waals surface area contributed by atoms with E-state index in [-0.39, 0.29) is 11.3 Å². The summed E-state index contributed by atoms with van der Waals surface area (Å²) in [7, 11) is 0. The fourth-order valence-corrected chi connectivity index (χ4v) is 2.05. The Bertz CT molecular complexity index is 804. The van der Waals surface area contributed by atoms with Crippen LogP contribution in [0.4, 0.5) is 22.0 Å². The van der Waals surface area contributed by atoms with Crippen LogP contribution >= 0.6 is 0 Å². The number of hydrogen-bond acceptors (Lipinski definition) is 3. The first-order valence-corrected chi connectivity index (χ1v) is 7.13. The number of alkyl halides is 5. The van der Waals surface area contributed by atoms with Crippen LogP contribution in [0, 0.1) is 0 Å². The highest BCUT2D eigenvalue weighted by Gasteiger charge is 2.33. The van der Waals surface area contributed by atoms with Crippen molar-refractivity contribution in [2.24, 2.45) is 0 Å². The molecule has 0 bridgehead atoms. The molecule has 0 aliphatic carbocycles. The van der Waals surface area contributed by atoms with Gasteiger partial charge in [0.1, 0.15) is 6.04 Å². The zero-order valence-electron chi connectivity index (χ0n) is 12.9. The Balaban J connectivity index is 2.21. The standard InChI is InChI=1S/C15H12F5N3O3/c16-12(17)7-10(14(25)26)21-13(24)8-2-1-3-9(6-8)23-5-4-11(22-23)15(18,19)20/h1-6,10,12H,7H2,(H,21,24)(H,25,26)/t10-/m1/s1. The van der Waals surface area contributed by atoms with Crippen LogP contribution in [-0.2, 0) is 11.0 Å². The molecule has 6 nitrogen and oxygen atoms in total. The quantitative estimate of drug-likeness (QED) is 0.759. The van der Waals surface area contributed by atoms with Crippen molar-refractivity contribution < 1.29 is 36.6 Å². The van der Waals surface area contributed by atoms with Crippen LogP contribution < -0.4 is 5.32 Å². The molecule has 1 atom stereocenters. The molecule has 1 aromatic carbocycles. The second-order valence-corrected chi connectivity index (χ2v) is 5.18. The van der Waals surface area contributed by atoms with Gasteiger partial charge in [-0.1, -0.05) is 6.07 Å². The van der Waals surface area contributed by atoms with E-state index in [0.717, 1.165) is 23.0 Å². The molecule has 140 valence electrons. The normalized spacial score (nSPS) is 12.8. The van der Waals surface area contributed by atoms with Crippen molar-refractivity contribution in [2.75, 3.05) is 0 Å². The molecule has 2 aromatic rings. The first-order valence-electron chi connectivity index (χ1n) is 7.13. The predicted octanol–water partition coefficient (Wildman–Crippen LogP) is 2.73. The highest BCUT2D eigenvalue weighted by Crippen LogP contribution is 2.27. The van der Waals surface area contributed by atoms with Gasteiger partial charge >= 0.3 is 12.1 Å². The van der Waals surface area contributed by atoms with Gasteiger partial charge in [-0.25, -0.2) is 18.3 Å². The average molecular weight is 377 g/mol. The van der Waals surface area contributed by atoms with E-state index in [1.54, 1.807) is 0 Å². The number of nitrogens with zero attached hydrogens (tertiary/aromatic N) is 2. The van der Waals surface area contributed by atoms with Crippen LogP contribution in [0.3, 0.4) is 0 Å². The van der Waals surface area contributed by atoms with Crippen LogP contribution in [0.15, 0.2) is 36.5 Å². The van der Waals surface area contributed by atoms with Gasteiger partial charge in [-0.3, -0.25) is 4.79 Å². The van der Waals surface area contributed by atoms with E-state index >= 15 is 0 Å². The van der Waals surface area contributed by atoms with Gasteiger partial charge in [0, 0.05) is 18.2 Å².